The number of nitrogen functional groups attached to an aromatic ring is 1. The van der Waals surface area contributed by atoms with Crippen LogP contribution in [0, 0.1) is 0 Å². The highest BCUT2D eigenvalue weighted by molar-refractivity contribution is 5.90. The molecule has 1 aromatic carbocycles. The molecule has 1 aliphatic carbocycles. The van der Waals surface area contributed by atoms with E-state index in [-0.39, 0.29) is 17.7 Å². The Balaban J connectivity index is 1.51. The molecule has 4 nitrogen and oxygen atoms in total. The average molecular weight is 275 g/mol. The Morgan fingerprint density at radius 2 is 2.15 bits per heavy atom. The van der Waals surface area contributed by atoms with Crippen LogP contribution in [-0.4, -0.2) is 24.3 Å². The Labute approximate surface area is 119 Å². The molecule has 1 saturated carbocycles. The molecule has 20 heavy (non-hydrogen) atoms. The lowest BCUT2D eigenvalue weighted by atomic mass is 9.98. The lowest BCUT2D eigenvalue weighted by Crippen LogP contribution is -2.27. The largest absolute Gasteiger partial charge is 0.459 e. The number of carbonyl (C=O) groups is 1. The third-order valence-electron chi connectivity index (χ3n) is 4.38. The number of anilines is 1. The minimum absolute atomic E-state index is 0.0538. The third-order valence-corrected chi connectivity index (χ3v) is 4.38. The summed E-state index contributed by atoms with van der Waals surface area (Å²) >= 11 is 0. The minimum atomic E-state index is -0.326. The van der Waals surface area contributed by atoms with Gasteiger partial charge >= 0.3 is 5.97 Å². The van der Waals surface area contributed by atoms with Gasteiger partial charge in [-0.2, -0.15) is 0 Å². The van der Waals surface area contributed by atoms with Crippen molar-refractivity contribution < 1.29 is 14.3 Å². The first-order valence-corrected chi connectivity index (χ1v) is 7.37. The lowest BCUT2D eigenvalue weighted by molar-refractivity contribution is -0.0598. The van der Waals surface area contributed by atoms with Crippen LogP contribution < -0.4 is 5.73 Å². The average Bonchev–Trinajstić information content (AvgIpc) is 3.07. The fourth-order valence-electron chi connectivity index (χ4n) is 3.32. The highest BCUT2D eigenvalue weighted by Gasteiger charge is 2.42. The van der Waals surface area contributed by atoms with Gasteiger partial charge in [0.2, 0.25) is 0 Å². The minimum Gasteiger partial charge on any atom is -0.459 e. The van der Waals surface area contributed by atoms with Gasteiger partial charge in [0.05, 0.1) is 17.3 Å². The van der Waals surface area contributed by atoms with Gasteiger partial charge in [0.25, 0.3) is 0 Å². The summed E-state index contributed by atoms with van der Waals surface area (Å²) in [4.78, 5) is 11.9. The zero-order chi connectivity index (χ0) is 14.0. The molecule has 1 saturated heterocycles. The van der Waals surface area contributed by atoms with E-state index in [9.17, 15) is 4.79 Å². The summed E-state index contributed by atoms with van der Waals surface area (Å²) in [6, 6.07) is 6.86. The van der Waals surface area contributed by atoms with E-state index in [1.807, 2.05) is 0 Å². The van der Waals surface area contributed by atoms with E-state index in [2.05, 4.69) is 0 Å². The number of benzene rings is 1. The predicted octanol–water partition coefficient (Wildman–Crippen LogP) is 2.92. The highest BCUT2D eigenvalue weighted by Crippen LogP contribution is 2.43. The van der Waals surface area contributed by atoms with Crippen molar-refractivity contribution in [1.29, 1.82) is 0 Å². The topological polar surface area (TPSA) is 61.6 Å². The van der Waals surface area contributed by atoms with E-state index in [4.69, 9.17) is 15.2 Å². The van der Waals surface area contributed by atoms with Crippen molar-refractivity contribution in [3.63, 3.8) is 0 Å². The van der Waals surface area contributed by atoms with Gasteiger partial charge in [-0.05, 0) is 43.9 Å². The monoisotopic (exact) mass is 275 g/mol. The van der Waals surface area contributed by atoms with Crippen molar-refractivity contribution in [3.8, 4) is 0 Å². The Kier molecular flexibility index (Phi) is 3.66. The molecule has 1 heterocycles. The molecule has 3 rings (SSSR count). The molecule has 1 atom stereocenters. The van der Waals surface area contributed by atoms with Gasteiger partial charge in [-0.15, -0.1) is 0 Å². The molecular weight excluding hydrogens is 254 g/mol. The number of esters is 1. The first kappa shape index (κ1) is 13.4. The number of hydrogen-bond donors (Lipinski definition) is 1. The van der Waals surface area contributed by atoms with Gasteiger partial charge in [-0.3, -0.25) is 0 Å². The maximum absolute atomic E-state index is 11.9. The summed E-state index contributed by atoms with van der Waals surface area (Å²) in [7, 11) is 0. The Morgan fingerprint density at radius 1 is 1.35 bits per heavy atom. The summed E-state index contributed by atoms with van der Waals surface area (Å²) in [6.45, 7) is 0.343. The summed E-state index contributed by atoms with van der Waals surface area (Å²) in [5, 5.41) is 0. The molecule has 1 aliphatic heterocycles. The molecule has 2 N–H and O–H groups in total. The van der Waals surface area contributed by atoms with Crippen LogP contribution in [0.15, 0.2) is 24.3 Å². The van der Waals surface area contributed by atoms with Crippen molar-refractivity contribution in [2.75, 3.05) is 12.3 Å². The Morgan fingerprint density at radius 3 is 2.90 bits per heavy atom. The van der Waals surface area contributed by atoms with Crippen LogP contribution in [-0.2, 0) is 9.47 Å². The smallest absolute Gasteiger partial charge is 0.338 e. The van der Waals surface area contributed by atoms with Crippen LogP contribution in [0.3, 0.4) is 0 Å². The van der Waals surface area contributed by atoms with E-state index in [1.54, 1.807) is 24.3 Å². The van der Waals surface area contributed by atoms with Crippen LogP contribution in [0.4, 0.5) is 5.69 Å². The van der Waals surface area contributed by atoms with E-state index >= 15 is 0 Å². The van der Waals surface area contributed by atoms with Crippen LogP contribution in [0.1, 0.15) is 48.9 Å². The van der Waals surface area contributed by atoms with Crippen molar-refractivity contribution in [1.82, 2.24) is 0 Å². The molecule has 0 amide bonds. The number of carbonyl (C=O) groups excluding carboxylic acids is 1. The zero-order valence-corrected chi connectivity index (χ0v) is 11.6. The second kappa shape index (κ2) is 5.44. The van der Waals surface area contributed by atoms with Gasteiger partial charge in [0.15, 0.2) is 0 Å². The number of nitrogens with two attached hydrogens (primary N) is 1. The second-order valence-electron chi connectivity index (χ2n) is 5.89. The first-order chi connectivity index (χ1) is 9.67. The van der Waals surface area contributed by atoms with E-state index in [0.717, 1.165) is 25.7 Å². The Hall–Kier alpha value is -1.55. The van der Waals surface area contributed by atoms with Crippen LogP contribution >= 0.6 is 0 Å². The predicted molar refractivity (Wildman–Crippen MR) is 76.4 cm³/mol. The van der Waals surface area contributed by atoms with E-state index in [0.29, 0.717) is 17.9 Å². The molecule has 108 valence electrons. The van der Waals surface area contributed by atoms with Crippen LogP contribution in [0.2, 0.25) is 0 Å². The fraction of sp³-hybridized carbons (Fsp3) is 0.562. The molecule has 0 bridgehead atoms. The number of hydrogen-bond acceptors (Lipinski definition) is 4. The van der Waals surface area contributed by atoms with Crippen LogP contribution in [0.25, 0.3) is 0 Å². The third kappa shape index (κ3) is 2.80. The standard InChI is InChI=1S/C16H21NO3/c17-13-5-3-4-12(10-13)15(18)19-11-14-6-9-16(20-14)7-1-2-8-16/h3-5,10,14H,1-2,6-9,11,17H2. The van der Waals surface area contributed by atoms with Crippen LogP contribution in [0.5, 0.6) is 0 Å². The van der Waals surface area contributed by atoms with Gasteiger partial charge in [-0.1, -0.05) is 18.9 Å². The molecular formula is C16H21NO3. The molecule has 1 unspecified atom stereocenters. The summed E-state index contributed by atoms with van der Waals surface area (Å²) in [5.41, 5.74) is 6.82. The molecule has 0 aromatic heterocycles. The van der Waals surface area contributed by atoms with Crippen molar-refractivity contribution in [3.05, 3.63) is 29.8 Å². The summed E-state index contributed by atoms with van der Waals surface area (Å²) in [5.74, 6) is -0.326. The number of ether oxygens (including phenoxy) is 2. The van der Waals surface area contributed by atoms with Gasteiger partial charge < -0.3 is 15.2 Å². The van der Waals surface area contributed by atoms with Gasteiger partial charge in [-0.25, -0.2) is 4.79 Å². The molecule has 0 radical (unpaired) electrons. The second-order valence-corrected chi connectivity index (χ2v) is 5.89. The zero-order valence-electron chi connectivity index (χ0n) is 11.6. The molecule has 2 aliphatic rings. The van der Waals surface area contributed by atoms with Crippen molar-refractivity contribution in [2.24, 2.45) is 0 Å². The number of rotatable bonds is 3. The quantitative estimate of drug-likeness (QED) is 0.680. The van der Waals surface area contributed by atoms with E-state index in [1.165, 1.54) is 12.8 Å². The van der Waals surface area contributed by atoms with Crippen molar-refractivity contribution in [2.45, 2.75) is 50.2 Å². The van der Waals surface area contributed by atoms with Gasteiger partial charge in [0, 0.05) is 5.69 Å². The molecule has 1 spiro atoms. The Bertz CT molecular complexity index is 494. The fourth-order valence-corrected chi connectivity index (χ4v) is 3.32. The summed E-state index contributed by atoms with van der Waals surface area (Å²) < 4.78 is 11.5. The highest BCUT2D eigenvalue weighted by atomic mass is 16.6. The van der Waals surface area contributed by atoms with Gasteiger partial charge in [0.1, 0.15) is 6.61 Å². The molecule has 2 fully saturated rings. The first-order valence-electron chi connectivity index (χ1n) is 7.37. The normalized spacial score (nSPS) is 24.1. The van der Waals surface area contributed by atoms with E-state index < -0.39 is 0 Å². The maximum atomic E-state index is 11.9. The summed E-state index contributed by atoms with van der Waals surface area (Å²) in [6.07, 6.45) is 6.99. The maximum Gasteiger partial charge on any atom is 0.338 e. The lowest BCUT2D eigenvalue weighted by Gasteiger charge is -2.23. The molecule has 4 heteroatoms. The SMILES string of the molecule is Nc1cccc(C(=O)OCC2CCC3(CCCC3)O2)c1. The van der Waals surface area contributed by atoms with Crippen molar-refractivity contribution >= 4 is 11.7 Å². The molecule has 1 aromatic rings.